The molecule has 5 heteroatoms. The lowest BCUT2D eigenvalue weighted by atomic mass is 9.88. The van der Waals surface area contributed by atoms with Crippen molar-refractivity contribution in [3.8, 4) is 17.2 Å². The summed E-state index contributed by atoms with van der Waals surface area (Å²) in [5, 5.41) is 9.63. The summed E-state index contributed by atoms with van der Waals surface area (Å²) >= 11 is 0. The maximum absolute atomic E-state index is 9.63. The SMILES string of the molecule is COc1ccc2c(c1)CCN(c1ncccc1OC)C2Cc1ccc(O)cc1. The van der Waals surface area contributed by atoms with Crippen LogP contribution in [-0.4, -0.2) is 30.9 Å². The Morgan fingerprint density at radius 3 is 2.64 bits per heavy atom. The van der Waals surface area contributed by atoms with E-state index in [1.807, 2.05) is 30.3 Å². The third kappa shape index (κ3) is 3.48. The van der Waals surface area contributed by atoms with Crippen LogP contribution < -0.4 is 14.4 Å². The van der Waals surface area contributed by atoms with Crippen LogP contribution in [0.3, 0.4) is 0 Å². The normalized spacial score (nSPS) is 15.8. The number of fused-ring (bicyclic) bond motifs is 1. The lowest BCUT2D eigenvalue weighted by Crippen LogP contribution is -2.37. The Kier molecular flexibility index (Phi) is 5.06. The summed E-state index contributed by atoms with van der Waals surface area (Å²) in [6, 6.07) is 17.7. The molecular formula is C23H24N2O3. The number of phenols is 1. The summed E-state index contributed by atoms with van der Waals surface area (Å²) in [7, 11) is 3.38. The van der Waals surface area contributed by atoms with Crippen molar-refractivity contribution in [2.24, 2.45) is 0 Å². The van der Waals surface area contributed by atoms with E-state index in [0.717, 1.165) is 42.3 Å². The summed E-state index contributed by atoms with van der Waals surface area (Å²) in [6.07, 6.45) is 3.52. The van der Waals surface area contributed by atoms with Crippen LogP contribution in [0.25, 0.3) is 0 Å². The van der Waals surface area contributed by atoms with E-state index >= 15 is 0 Å². The molecule has 4 rings (SSSR count). The largest absolute Gasteiger partial charge is 0.508 e. The monoisotopic (exact) mass is 376 g/mol. The molecule has 0 radical (unpaired) electrons. The second-order valence-electron chi connectivity index (χ2n) is 6.92. The third-order valence-corrected chi connectivity index (χ3v) is 5.32. The molecule has 1 unspecified atom stereocenters. The van der Waals surface area contributed by atoms with E-state index < -0.39 is 0 Å². The standard InChI is InChI=1S/C23H24N2O3/c1-27-19-9-10-20-17(15-19)11-13-25(23-22(28-2)4-3-12-24-23)21(20)14-16-5-7-18(26)8-6-16/h3-10,12,15,21,26H,11,13-14H2,1-2H3. The molecule has 0 aliphatic carbocycles. The molecule has 0 saturated carbocycles. The molecule has 1 aliphatic rings. The molecule has 2 aromatic carbocycles. The van der Waals surface area contributed by atoms with Crippen LogP contribution in [0.5, 0.6) is 17.2 Å². The van der Waals surface area contributed by atoms with Gasteiger partial charge in [-0.05, 0) is 65.9 Å². The number of ether oxygens (including phenoxy) is 2. The predicted octanol–water partition coefficient (Wildman–Crippen LogP) is 4.15. The molecule has 3 aromatic rings. The lowest BCUT2D eigenvalue weighted by Gasteiger charge is -2.39. The van der Waals surface area contributed by atoms with Crippen molar-refractivity contribution >= 4 is 5.82 Å². The van der Waals surface area contributed by atoms with Crippen molar-refractivity contribution in [3.05, 3.63) is 77.5 Å². The fourth-order valence-electron chi connectivity index (χ4n) is 3.90. The first-order valence-electron chi connectivity index (χ1n) is 9.40. The van der Waals surface area contributed by atoms with Gasteiger partial charge in [-0.1, -0.05) is 18.2 Å². The average molecular weight is 376 g/mol. The van der Waals surface area contributed by atoms with Gasteiger partial charge in [-0.25, -0.2) is 4.98 Å². The van der Waals surface area contributed by atoms with Crippen molar-refractivity contribution in [2.45, 2.75) is 18.9 Å². The van der Waals surface area contributed by atoms with Crippen molar-refractivity contribution in [2.75, 3.05) is 25.7 Å². The van der Waals surface area contributed by atoms with Crippen molar-refractivity contribution in [1.82, 2.24) is 4.98 Å². The number of anilines is 1. The van der Waals surface area contributed by atoms with Gasteiger partial charge in [-0.3, -0.25) is 0 Å². The molecule has 1 aromatic heterocycles. The number of phenolic OH excluding ortho intramolecular Hbond substituents is 1. The molecule has 0 bridgehead atoms. The molecule has 0 saturated heterocycles. The van der Waals surface area contributed by atoms with Crippen LogP contribution >= 0.6 is 0 Å². The molecule has 0 fully saturated rings. The Morgan fingerprint density at radius 2 is 1.89 bits per heavy atom. The zero-order valence-corrected chi connectivity index (χ0v) is 16.1. The summed E-state index contributed by atoms with van der Waals surface area (Å²) < 4.78 is 11.0. The van der Waals surface area contributed by atoms with Gasteiger partial charge in [-0.2, -0.15) is 0 Å². The molecular weight excluding hydrogens is 352 g/mol. The zero-order valence-electron chi connectivity index (χ0n) is 16.1. The molecule has 0 amide bonds. The van der Waals surface area contributed by atoms with Gasteiger partial charge in [-0.15, -0.1) is 0 Å². The lowest BCUT2D eigenvalue weighted by molar-refractivity contribution is 0.407. The Hall–Kier alpha value is -3.21. The molecule has 2 heterocycles. The summed E-state index contributed by atoms with van der Waals surface area (Å²) in [5.74, 6) is 2.79. The van der Waals surface area contributed by atoms with E-state index in [9.17, 15) is 5.11 Å². The Balaban J connectivity index is 1.77. The van der Waals surface area contributed by atoms with Crippen LogP contribution in [0.4, 0.5) is 5.82 Å². The highest BCUT2D eigenvalue weighted by atomic mass is 16.5. The van der Waals surface area contributed by atoms with E-state index in [-0.39, 0.29) is 11.8 Å². The maximum Gasteiger partial charge on any atom is 0.171 e. The Morgan fingerprint density at radius 1 is 1.07 bits per heavy atom. The third-order valence-electron chi connectivity index (χ3n) is 5.32. The van der Waals surface area contributed by atoms with E-state index in [1.165, 1.54) is 11.1 Å². The molecule has 28 heavy (non-hydrogen) atoms. The first kappa shape index (κ1) is 18.2. The number of methoxy groups -OCH3 is 2. The average Bonchev–Trinajstić information content (AvgIpc) is 2.75. The highest BCUT2D eigenvalue weighted by Gasteiger charge is 2.30. The summed E-state index contributed by atoms with van der Waals surface area (Å²) in [5.41, 5.74) is 3.73. The number of nitrogens with zero attached hydrogens (tertiary/aromatic N) is 2. The highest BCUT2D eigenvalue weighted by molar-refractivity contribution is 5.57. The number of benzene rings is 2. The first-order valence-corrected chi connectivity index (χ1v) is 9.40. The maximum atomic E-state index is 9.63. The van der Waals surface area contributed by atoms with Gasteiger partial charge in [0.2, 0.25) is 0 Å². The molecule has 0 spiro atoms. The van der Waals surface area contributed by atoms with E-state index in [1.54, 1.807) is 32.5 Å². The number of rotatable bonds is 5. The van der Waals surface area contributed by atoms with Crippen LogP contribution in [0, 0.1) is 0 Å². The molecule has 5 nitrogen and oxygen atoms in total. The Bertz CT molecular complexity index is 956. The second-order valence-corrected chi connectivity index (χ2v) is 6.92. The van der Waals surface area contributed by atoms with Crippen LogP contribution in [0.1, 0.15) is 22.7 Å². The zero-order chi connectivity index (χ0) is 19.5. The first-order chi connectivity index (χ1) is 13.7. The topological polar surface area (TPSA) is 54.8 Å². The van der Waals surface area contributed by atoms with Gasteiger partial charge in [0.05, 0.1) is 20.3 Å². The van der Waals surface area contributed by atoms with Crippen molar-refractivity contribution in [3.63, 3.8) is 0 Å². The quantitative estimate of drug-likeness (QED) is 0.725. The van der Waals surface area contributed by atoms with Gasteiger partial charge in [0, 0.05) is 12.7 Å². The van der Waals surface area contributed by atoms with Gasteiger partial charge in [0.25, 0.3) is 0 Å². The fourth-order valence-corrected chi connectivity index (χ4v) is 3.90. The van der Waals surface area contributed by atoms with E-state index in [4.69, 9.17) is 9.47 Å². The van der Waals surface area contributed by atoms with Crippen LogP contribution in [0.15, 0.2) is 60.8 Å². The number of pyridine rings is 1. The minimum atomic E-state index is 0.114. The smallest absolute Gasteiger partial charge is 0.171 e. The summed E-state index contributed by atoms with van der Waals surface area (Å²) in [6.45, 7) is 0.844. The van der Waals surface area contributed by atoms with E-state index in [2.05, 4.69) is 22.0 Å². The number of hydrogen-bond donors (Lipinski definition) is 1. The number of hydrogen-bond acceptors (Lipinski definition) is 5. The second kappa shape index (κ2) is 7.80. The number of aromatic nitrogens is 1. The fraction of sp³-hybridized carbons (Fsp3) is 0.261. The highest BCUT2D eigenvalue weighted by Crippen LogP contribution is 2.39. The van der Waals surface area contributed by atoms with E-state index in [0.29, 0.717) is 0 Å². The van der Waals surface area contributed by atoms with Crippen molar-refractivity contribution in [1.29, 1.82) is 0 Å². The van der Waals surface area contributed by atoms with Crippen LogP contribution in [-0.2, 0) is 12.8 Å². The summed E-state index contributed by atoms with van der Waals surface area (Å²) in [4.78, 5) is 6.94. The number of aromatic hydroxyl groups is 1. The minimum absolute atomic E-state index is 0.114. The molecule has 144 valence electrons. The van der Waals surface area contributed by atoms with Gasteiger partial charge in [0.15, 0.2) is 11.6 Å². The molecule has 1 N–H and O–H groups in total. The molecule has 1 aliphatic heterocycles. The van der Waals surface area contributed by atoms with Crippen LogP contribution in [0.2, 0.25) is 0 Å². The van der Waals surface area contributed by atoms with Gasteiger partial charge < -0.3 is 19.5 Å². The molecule has 1 atom stereocenters. The predicted molar refractivity (Wildman–Crippen MR) is 109 cm³/mol. The van der Waals surface area contributed by atoms with Gasteiger partial charge >= 0.3 is 0 Å². The van der Waals surface area contributed by atoms with Crippen molar-refractivity contribution < 1.29 is 14.6 Å². The van der Waals surface area contributed by atoms with Gasteiger partial charge in [0.1, 0.15) is 11.5 Å². The Labute approximate surface area is 165 Å². The minimum Gasteiger partial charge on any atom is -0.508 e.